The van der Waals surface area contributed by atoms with Crippen LogP contribution in [-0.2, 0) is 4.79 Å². The van der Waals surface area contributed by atoms with Gasteiger partial charge in [-0.15, -0.1) is 0 Å². The first kappa shape index (κ1) is 14.9. The summed E-state index contributed by atoms with van der Waals surface area (Å²) in [5.74, 6) is 0.171. The molecule has 0 amide bonds. The van der Waals surface area contributed by atoms with Gasteiger partial charge in [0.25, 0.3) is 0 Å². The number of nitrogens with one attached hydrogen (secondary N) is 1. The van der Waals surface area contributed by atoms with Crippen LogP contribution in [0.15, 0.2) is 70.9 Å². The van der Waals surface area contributed by atoms with Crippen LogP contribution in [0.1, 0.15) is 32.3 Å². The van der Waals surface area contributed by atoms with Crippen molar-refractivity contribution in [2.45, 2.75) is 26.7 Å². The zero-order chi connectivity index (χ0) is 16.7. The number of hydrogen-bond acceptors (Lipinski definition) is 3. The number of aliphatic imine (C=N–C) groups is 1. The van der Waals surface area contributed by atoms with Crippen molar-refractivity contribution < 1.29 is 4.79 Å². The first-order valence-corrected chi connectivity index (χ1v) is 8.30. The first-order valence-electron chi connectivity index (χ1n) is 8.30. The molecule has 1 N–H and O–H groups in total. The smallest absolute Gasteiger partial charge is 0.167 e. The Morgan fingerprint density at radius 3 is 2.46 bits per heavy atom. The fourth-order valence-electron chi connectivity index (χ4n) is 3.52. The molecule has 2 aromatic carbocycles. The highest BCUT2D eigenvalue weighted by molar-refractivity contribution is 6.30. The third-order valence-corrected chi connectivity index (χ3v) is 4.58. The maximum absolute atomic E-state index is 13.0. The van der Waals surface area contributed by atoms with E-state index in [0.29, 0.717) is 6.42 Å². The molecule has 0 atom stereocenters. The average molecular weight is 316 g/mol. The number of benzene rings is 2. The Morgan fingerprint density at radius 2 is 1.67 bits per heavy atom. The van der Waals surface area contributed by atoms with Gasteiger partial charge in [-0.2, -0.15) is 0 Å². The van der Waals surface area contributed by atoms with Gasteiger partial charge in [-0.05, 0) is 24.0 Å². The highest BCUT2D eigenvalue weighted by Gasteiger charge is 2.36. The number of carbonyl (C=O) groups excluding carboxylic acids is 1. The monoisotopic (exact) mass is 316 g/mol. The summed E-state index contributed by atoms with van der Waals surface area (Å²) in [6.07, 6.45) is 1.39. The summed E-state index contributed by atoms with van der Waals surface area (Å²) in [5.41, 5.74) is 5.29. The molecule has 4 rings (SSSR count). The van der Waals surface area contributed by atoms with E-state index in [4.69, 9.17) is 4.99 Å². The van der Waals surface area contributed by atoms with Gasteiger partial charge < -0.3 is 5.32 Å². The Bertz CT molecular complexity index is 876. The number of fused-ring (bicyclic) bond motifs is 1. The predicted molar refractivity (Wildman–Crippen MR) is 97.8 cm³/mol. The number of carbonyl (C=O) groups is 1. The van der Waals surface area contributed by atoms with Crippen molar-refractivity contribution in [2.24, 2.45) is 10.4 Å². The lowest BCUT2D eigenvalue weighted by Crippen LogP contribution is -2.31. The number of rotatable bonds is 1. The zero-order valence-electron chi connectivity index (χ0n) is 14.0. The molecule has 0 aromatic heterocycles. The normalized spacial score (nSPS) is 18.9. The van der Waals surface area contributed by atoms with Crippen LogP contribution < -0.4 is 5.32 Å². The molecule has 120 valence electrons. The molecule has 0 unspecified atom stereocenters. The molecular weight excluding hydrogens is 296 g/mol. The van der Waals surface area contributed by atoms with Crippen molar-refractivity contribution in [3.63, 3.8) is 0 Å². The second-order valence-corrected chi connectivity index (χ2v) is 7.26. The van der Waals surface area contributed by atoms with Crippen LogP contribution in [0.3, 0.4) is 0 Å². The Kier molecular flexibility index (Phi) is 3.38. The number of hydrogen-bond donors (Lipinski definition) is 1. The van der Waals surface area contributed by atoms with Crippen molar-refractivity contribution in [1.29, 1.82) is 0 Å². The Hall–Kier alpha value is -2.68. The highest BCUT2D eigenvalue weighted by atomic mass is 16.1. The lowest BCUT2D eigenvalue weighted by atomic mass is 9.74. The minimum Gasteiger partial charge on any atom is -0.356 e. The molecule has 0 spiro atoms. The Morgan fingerprint density at radius 1 is 0.958 bits per heavy atom. The van der Waals surface area contributed by atoms with Gasteiger partial charge in [0.05, 0.1) is 22.7 Å². The molecule has 1 aliphatic heterocycles. The molecule has 2 aromatic rings. The maximum atomic E-state index is 13.0. The summed E-state index contributed by atoms with van der Waals surface area (Å²) in [4.78, 5) is 17.8. The molecule has 0 saturated heterocycles. The van der Waals surface area contributed by atoms with Gasteiger partial charge in [0.2, 0.25) is 0 Å². The van der Waals surface area contributed by atoms with Crippen molar-refractivity contribution in [1.82, 2.24) is 0 Å². The minimum atomic E-state index is -0.0377. The quantitative estimate of drug-likeness (QED) is 0.815. The fourth-order valence-corrected chi connectivity index (χ4v) is 3.52. The molecule has 3 heteroatoms. The van der Waals surface area contributed by atoms with Gasteiger partial charge in [-0.3, -0.25) is 4.79 Å². The van der Waals surface area contributed by atoms with Crippen molar-refractivity contribution >= 4 is 22.9 Å². The highest BCUT2D eigenvalue weighted by Crippen LogP contribution is 2.41. The summed E-state index contributed by atoms with van der Waals surface area (Å²) in [7, 11) is 0. The summed E-state index contributed by atoms with van der Waals surface area (Å²) >= 11 is 0. The third-order valence-electron chi connectivity index (χ3n) is 4.58. The van der Waals surface area contributed by atoms with Crippen LogP contribution in [0.4, 0.5) is 11.4 Å². The van der Waals surface area contributed by atoms with Crippen LogP contribution >= 0.6 is 0 Å². The summed E-state index contributed by atoms with van der Waals surface area (Å²) < 4.78 is 0. The topological polar surface area (TPSA) is 41.5 Å². The minimum absolute atomic E-state index is 0.0377. The van der Waals surface area contributed by atoms with Crippen LogP contribution in [0.25, 0.3) is 0 Å². The van der Waals surface area contributed by atoms with Crippen LogP contribution in [-0.4, -0.2) is 11.5 Å². The van der Waals surface area contributed by atoms with E-state index < -0.39 is 0 Å². The van der Waals surface area contributed by atoms with E-state index in [-0.39, 0.29) is 11.2 Å². The van der Waals surface area contributed by atoms with Gasteiger partial charge in [-0.25, -0.2) is 4.99 Å². The lowest BCUT2D eigenvalue weighted by molar-refractivity contribution is -0.117. The third kappa shape index (κ3) is 2.56. The zero-order valence-corrected chi connectivity index (χ0v) is 14.0. The molecule has 0 fully saturated rings. The number of Topliss-reactive ketones (excluding diaryl/α,β-unsaturated/α-hetero) is 1. The number of para-hydroxylation sites is 2. The lowest BCUT2D eigenvalue weighted by Gasteiger charge is -2.32. The van der Waals surface area contributed by atoms with Gasteiger partial charge in [0, 0.05) is 17.7 Å². The van der Waals surface area contributed by atoms with Gasteiger partial charge >= 0.3 is 0 Å². The van der Waals surface area contributed by atoms with Gasteiger partial charge in [0.1, 0.15) is 0 Å². The van der Waals surface area contributed by atoms with Crippen LogP contribution in [0.5, 0.6) is 0 Å². The van der Waals surface area contributed by atoms with E-state index in [1.165, 1.54) is 0 Å². The van der Waals surface area contributed by atoms with Crippen molar-refractivity contribution in [2.75, 3.05) is 5.32 Å². The molecule has 3 nitrogen and oxygen atoms in total. The Labute approximate surface area is 142 Å². The largest absolute Gasteiger partial charge is 0.356 e. The molecule has 0 bridgehead atoms. The molecule has 24 heavy (non-hydrogen) atoms. The summed E-state index contributed by atoms with van der Waals surface area (Å²) in [6.45, 7) is 4.29. The molecule has 1 aliphatic carbocycles. The van der Waals surface area contributed by atoms with E-state index in [1.807, 2.05) is 54.6 Å². The first-order chi connectivity index (χ1) is 11.5. The number of allylic oxidation sites excluding steroid dienone is 2. The standard InChI is InChI=1S/C21H20N2O/c1-21(2)12-17-19(18(24)13-21)20(14-8-4-3-5-9-14)23-16-11-7-6-10-15(16)22-17/h3-11,22H,12-13H2,1-2H3. The van der Waals surface area contributed by atoms with Gasteiger partial charge in [0.15, 0.2) is 5.78 Å². The fraction of sp³-hybridized carbons (Fsp3) is 0.238. The molecule has 2 aliphatic rings. The summed E-state index contributed by atoms with van der Waals surface area (Å²) in [6, 6.07) is 18.0. The van der Waals surface area contributed by atoms with Crippen LogP contribution in [0.2, 0.25) is 0 Å². The van der Waals surface area contributed by atoms with E-state index in [1.54, 1.807) is 0 Å². The van der Waals surface area contributed by atoms with Crippen molar-refractivity contribution in [3.05, 3.63) is 71.4 Å². The molecular formula is C21H20N2O. The maximum Gasteiger partial charge on any atom is 0.167 e. The average Bonchev–Trinajstić information content (AvgIpc) is 2.70. The van der Waals surface area contributed by atoms with E-state index in [9.17, 15) is 4.79 Å². The molecule has 0 saturated carbocycles. The molecule has 1 heterocycles. The second-order valence-electron chi connectivity index (χ2n) is 7.26. The van der Waals surface area contributed by atoms with Crippen LogP contribution in [0, 0.1) is 5.41 Å². The summed E-state index contributed by atoms with van der Waals surface area (Å²) in [5, 5.41) is 3.49. The van der Waals surface area contributed by atoms with E-state index in [2.05, 4.69) is 19.2 Å². The van der Waals surface area contributed by atoms with Gasteiger partial charge in [-0.1, -0.05) is 56.3 Å². The number of ketones is 1. The number of nitrogens with zero attached hydrogens (tertiary/aromatic N) is 1. The molecule has 0 radical (unpaired) electrons. The Balaban J connectivity index is 1.97. The van der Waals surface area contributed by atoms with Crippen molar-refractivity contribution in [3.8, 4) is 0 Å². The SMILES string of the molecule is CC1(C)CC(=O)C2=C(C1)Nc1ccccc1N=C2c1ccccc1. The second kappa shape index (κ2) is 5.45. The van der Waals surface area contributed by atoms with E-state index in [0.717, 1.165) is 40.3 Å². The predicted octanol–water partition coefficient (Wildman–Crippen LogP) is 4.88. The number of anilines is 1. The van der Waals surface area contributed by atoms with E-state index >= 15 is 0 Å².